The maximum atomic E-state index is 12.7. The number of aliphatic carboxylic acids is 1. The molecule has 5 heteroatoms. The maximum Gasteiger partial charge on any atom is 0.309 e. The number of rotatable bonds is 3. The molecular weight excluding hydrogens is 306 g/mol. The summed E-state index contributed by atoms with van der Waals surface area (Å²) in [4.78, 5) is 26.0. The third kappa shape index (κ3) is 3.31. The van der Waals surface area contributed by atoms with E-state index < -0.39 is 11.9 Å². The fourth-order valence-electron chi connectivity index (χ4n) is 4.00. The second-order valence-electron chi connectivity index (χ2n) is 7.02. The van der Waals surface area contributed by atoms with Gasteiger partial charge in [-0.25, -0.2) is 0 Å². The van der Waals surface area contributed by atoms with Gasteiger partial charge in [0, 0.05) is 25.3 Å². The maximum absolute atomic E-state index is 12.7. The molecule has 0 saturated carbocycles. The van der Waals surface area contributed by atoms with Crippen LogP contribution in [-0.4, -0.2) is 47.7 Å². The van der Waals surface area contributed by atoms with Crippen LogP contribution in [0, 0.1) is 25.7 Å². The molecule has 2 aliphatic rings. The quantitative estimate of drug-likeness (QED) is 0.924. The van der Waals surface area contributed by atoms with Crippen molar-refractivity contribution in [2.75, 3.05) is 19.7 Å². The minimum Gasteiger partial charge on any atom is -0.481 e. The molecule has 3 rings (SSSR count). The van der Waals surface area contributed by atoms with E-state index in [1.807, 2.05) is 36.9 Å². The van der Waals surface area contributed by atoms with Crippen molar-refractivity contribution in [3.8, 4) is 0 Å². The van der Waals surface area contributed by atoms with Crippen molar-refractivity contribution in [3.63, 3.8) is 0 Å². The Balaban J connectivity index is 1.62. The lowest BCUT2D eigenvalue weighted by atomic mass is 9.84. The van der Waals surface area contributed by atoms with Crippen molar-refractivity contribution in [1.29, 1.82) is 0 Å². The number of carbonyl (C=O) groups excluding carboxylic acids is 1. The average Bonchev–Trinajstić information content (AvgIpc) is 3.04. The van der Waals surface area contributed by atoms with Gasteiger partial charge in [0.1, 0.15) is 0 Å². The van der Waals surface area contributed by atoms with Gasteiger partial charge in [-0.05, 0) is 50.7 Å². The van der Waals surface area contributed by atoms with Gasteiger partial charge in [-0.15, -0.1) is 0 Å². The van der Waals surface area contributed by atoms with E-state index in [4.69, 9.17) is 4.74 Å². The van der Waals surface area contributed by atoms with Gasteiger partial charge in [0.25, 0.3) is 5.91 Å². The molecule has 2 saturated heterocycles. The number of amides is 1. The van der Waals surface area contributed by atoms with Crippen LogP contribution in [0.4, 0.5) is 0 Å². The number of hydrogen-bond donors (Lipinski definition) is 1. The van der Waals surface area contributed by atoms with E-state index in [9.17, 15) is 14.7 Å². The van der Waals surface area contributed by atoms with E-state index in [0.717, 1.165) is 29.5 Å². The van der Waals surface area contributed by atoms with Crippen LogP contribution in [0.5, 0.6) is 0 Å². The normalized spacial score (nSPS) is 25.0. The van der Waals surface area contributed by atoms with E-state index in [-0.39, 0.29) is 17.9 Å². The third-order valence-electron chi connectivity index (χ3n) is 5.36. The van der Waals surface area contributed by atoms with Crippen molar-refractivity contribution < 1.29 is 19.4 Å². The van der Waals surface area contributed by atoms with Crippen molar-refractivity contribution in [1.82, 2.24) is 4.90 Å². The zero-order valence-electron chi connectivity index (χ0n) is 14.3. The molecule has 0 bridgehead atoms. The van der Waals surface area contributed by atoms with Crippen LogP contribution >= 0.6 is 0 Å². The molecule has 1 aromatic carbocycles. The Hall–Kier alpha value is -1.88. The molecule has 2 heterocycles. The Morgan fingerprint density at radius 1 is 1.17 bits per heavy atom. The summed E-state index contributed by atoms with van der Waals surface area (Å²) < 4.78 is 5.69. The number of carboxylic acid groups (broad SMARTS) is 1. The fourth-order valence-corrected chi connectivity index (χ4v) is 4.00. The minimum atomic E-state index is -0.758. The van der Waals surface area contributed by atoms with E-state index in [1.165, 1.54) is 0 Å². The molecule has 2 fully saturated rings. The number of likely N-dealkylation sites (tertiary alicyclic amines) is 1. The van der Waals surface area contributed by atoms with Crippen molar-refractivity contribution in [3.05, 3.63) is 34.9 Å². The summed E-state index contributed by atoms with van der Waals surface area (Å²) in [5.74, 6) is -0.840. The summed E-state index contributed by atoms with van der Waals surface area (Å²) in [6.45, 7) is 5.86. The molecule has 0 spiro atoms. The molecule has 2 atom stereocenters. The van der Waals surface area contributed by atoms with Gasteiger partial charge in [0.05, 0.1) is 12.0 Å². The molecule has 24 heavy (non-hydrogen) atoms. The number of ether oxygens (including phenoxy) is 1. The molecule has 1 amide bonds. The third-order valence-corrected chi connectivity index (χ3v) is 5.36. The van der Waals surface area contributed by atoms with Gasteiger partial charge in [-0.1, -0.05) is 17.7 Å². The number of carbonyl (C=O) groups is 2. The van der Waals surface area contributed by atoms with Crippen molar-refractivity contribution in [2.45, 2.75) is 39.2 Å². The van der Waals surface area contributed by atoms with E-state index in [0.29, 0.717) is 26.1 Å². The number of hydrogen-bond acceptors (Lipinski definition) is 3. The molecule has 0 aromatic heterocycles. The standard InChI is InChI=1S/C19H25NO4/c1-12-3-4-15(13(2)11-12)18(21)20-8-5-14(6-9-20)17-16(19(22)23)7-10-24-17/h3-4,11,14,16-17H,5-10H2,1-2H3,(H,22,23)/t16?,17-/m0/s1. The first kappa shape index (κ1) is 17.0. The van der Waals surface area contributed by atoms with Crippen LogP contribution < -0.4 is 0 Å². The fraction of sp³-hybridized carbons (Fsp3) is 0.579. The van der Waals surface area contributed by atoms with Crippen molar-refractivity contribution in [2.24, 2.45) is 11.8 Å². The zero-order chi connectivity index (χ0) is 17.3. The van der Waals surface area contributed by atoms with Gasteiger partial charge >= 0.3 is 5.97 Å². The number of nitrogens with zero attached hydrogens (tertiary/aromatic N) is 1. The largest absolute Gasteiger partial charge is 0.481 e. The predicted molar refractivity (Wildman–Crippen MR) is 90.0 cm³/mol. The van der Waals surface area contributed by atoms with Crippen LogP contribution in [0.1, 0.15) is 40.7 Å². The number of benzene rings is 1. The summed E-state index contributed by atoms with van der Waals surface area (Å²) in [7, 11) is 0. The van der Waals surface area contributed by atoms with Crippen LogP contribution in [0.2, 0.25) is 0 Å². The number of carboxylic acids is 1. The van der Waals surface area contributed by atoms with Gasteiger partial charge in [-0.2, -0.15) is 0 Å². The van der Waals surface area contributed by atoms with Crippen LogP contribution in [0.25, 0.3) is 0 Å². The zero-order valence-corrected chi connectivity index (χ0v) is 14.3. The molecule has 0 radical (unpaired) electrons. The first-order valence-corrected chi connectivity index (χ1v) is 8.68. The predicted octanol–water partition coefficient (Wildman–Crippen LogP) is 2.65. The first-order valence-electron chi connectivity index (χ1n) is 8.68. The summed E-state index contributed by atoms with van der Waals surface area (Å²) in [5.41, 5.74) is 2.92. The van der Waals surface area contributed by atoms with E-state index in [1.54, 1.807) is 0 Å². The molecule has 130 valence electrons. The average molecular weight is 331 g/mol. The number of piperidine rings is 1. The molecule has 5 nitrogen and oxygen atoms in total. The SMILES string of the molecule is Cc1ccc(C(=O)N2CCC([C@@H]3OCCC3C(=O)O)CC2)c(C)c1. The molecule has 2 aliphatic heterocycles. The smallest absolute Gasteiger partial charge is 0.309 e. The summed E-state index contributed by atoms with van der Waals surface area (Å²) in [6.07, 6.45) is 2.03. The Kier molecular flexibility index (Phi) is 4.90. The van der Waals surface area contributed by atoms with Crippen LogP contribution in [0.3, 0.4) is 0 Å². The van der Waals surface area contributed by atoms with E-state index >= 15 is 0 Å². The lowest BCUT2D eigenvalue weighted by Crippen LogP contribution is -2.43. The van der Waals surface area contributed by atoms with Gasteiger partial charge in [0.2, 0.25) is 0 Å². The summed E-state index contributed by atoms with van der Waals surface area (Å²) >= 11 is 0. The summed E-state index contributed by atoms with van der Waals surface area (Å²) in [5, 5.41) is 9.31. The highest BCUT2D eigenvalue weighted by Gasteiger charge is 2.40. The second kappa shape index (κ2) is 6.93. The molecule has 0 aliphatic carbocycles. The Morgan fingerprint density at radius 3 is 2.50 bits per heavy atom. The second-order valence-corrected chi connectivity index (χ2v) is 7.02. The summed E-state index contributed by atoms with van der Waals surface area (Å²) in [6, 6.07) is 5.90. The Morgan fingerprint density at radius 2 is 1.88 bits per heavy atom. The Labute approximate surface area is 142 Å². The lowest BCUT2D eigenvalue weighted by Gasteiger charge is -2.35. The lowest BCUT2D eigenvalue weighted by molar-refractivity contribution is -0.145. The topological polar surface area (TPSA) is 66.8 Å². The highest BCUT2D eigenvalue weighted by Crippen LogP contribution is 2.33. The first-order chi connectivity index (χ1) is 11.5. The van der Waals surface area contributed by atoms with Gasteiger partial charge in [0.15, 0.2) is 0 Å². The minimum absolute atomic E-state index is 0.0769. The molecular formula is C19H25NO4. The highest BCUT2D eigenvalue weighted by atomic mass is 16.5. The van der Waals surface area contributed by atoms with Gasteiger partial charge < -0.3 is 14.7 Å². The molecule has 1 aromatic rings. The van der Waals surface area contributed by atoms with E-state index in [2.05, 4.69) is 0 Å². The van der Waals surface area contributed by atoms with Gasteiger partial charge in [-0.3, -0.25) is 9.59 Å². The van der Waals surface area contributed by atoms with Crippen LogP contribution in [0.15, 0.2) is 18.2 Å². The van der Waals surface area contributed by atoms with Crippen LogP contribution in [-0.2, 0) is 9.53 Å². The Bertz CT molecular complexity index is 634. The number of aryl methyl sites for hydroxylation is 2. The molecule has 1 unspecified atom stereocenters. The van der Waals surface area contributed by atoms with Crippen molar-refractivity contribution >= 4 is 11.9 Å². The monoisotopic (exact) mass is 331 g/mol. The highest BCUT2D eigenvalue weighted by molar-refractivity contribution is 5.95. The molecule has 1 N–H and O–H groups in total.